The van der Waals surface area contributed by atoms with Crippen LogP contribution in [0.25, 0.3) is 5.65 Å². The van der Waals surface area contributed by atoms with Crippen LogP contribution in [0.15, 0.2) is 6.07 Å². The van der Waals surface area contributed by atoms with Crippen molar-refractivity contribution in [2.75, 3.05) is 6.61 Å². The number of ether oxygens (including phenoxy) is 1. The number of aryl methyl sites for hydroxylation is 1. The first kappa shape index (κ1) is 12.9. The molecule has 0 bridgehead atoms. The van der Waals surface area contributed by atoms with Crippen molar-refractivity contribution in [2.45, 2.75) is 20.0 Å². The number of rotatable bonds is 2. The van der Waals surface area contributed by atoms with E-state index in [4.69, 9.17) is 16.3 Å². The smallest absolute Gasteiger partial charge is 0.421 e. The molecule has 0 unspecified atom stereocenters. The second-order valence-electron chi connectivity index (χ2n) is 3.58. The van der Waals surface area contributed by atoms with Gasteiger partial charge in [-0.2, -0.15) is 13.2 Å². The van der Waals surface area contributed by atoms with Gasteiger partial charge in [0, 0.05) is 5.69 Å². The molecule has 0 aliphatic carbocycles. The van der Waals surface area contributed by atoms with E-state index in [0.717, 1.165) is 0 Å². The second kappa shape index (κ2) is 4.31. The molecule has 0 aromatic carbocycles. The van der Waals surface area contributed by atoms with Crippen molar-refractivity contribution in [2.24, 2.45) is 0 Å². The summed E-state index contributed by atoms with van der Waals surface area (Å²) in [5.74, 6) is 0. The van der Waals surface area contributed by atoms with E-state index < -0.39 is 16.8 Å². The number of hydrogen-bond acceptors (Lipinski definition) is 3. The Hall–Kier alpha value is -1.50. The molecule has 0 aliphatic heterocycles. The second-order valence-corrected chi connectivity index (χ2v) is 3.99. The first-order valence-corrected chi connectivity index (χ1v) is 5.48. The highest BCUT2D eigenvalue weighted by Gasteiger charge is 2.38. The van der Waals surface area contributed by atoms with E-state index in [0.29, 0.717) is 5.69 Å². The molecule has 0 amide bonds. The summed E-state index contributed by atoms with van der Waals surface area (Å²) in [5.41, 5.74) is -0.888. The molecule has 4 nitrogen and oxygen atoms in total. The Kier molecular flexibility index (Phi) is 3.10. The zero-order valence-electron chi connectivity index (χ0n) is 9.55. The Morgan fingerprint density at radius 1 is 1.39 bits per heavy atom. The summed E-state index contributed by atoms with van der Waals surface area (Å²) >= 11 is 5.64. The predicted molar refractivity (Wildman–Crippen MR) is 58.9 cm³/mol. The van der Waals surface area contributed by atoms with Crippen LogP contribution in [0.1, 0.15) is 18.2 Å². The van der Waals surface area contributed by atoms with Crippen molar-refractivity contribution in [1.29, 1.82) is 0 Å². The molecule has 8 heteroatoms. The van der Waals surface area contributed by atoms with Crippen LogP contribution in [0, 0.1) is 6.92 Å². The Morgan fingerprint density at radius 3 is 2.61 bits per heavy atom. The number of nitrogens with zero attached hydrogens (tertiary/aromatic N) is 3. The van der Waals surface area contributed by atoms with Crippen LogP contribution in [0.5, 0.6) is 6.01 Å². The molecule has 2 aromatic heterocycles. The minimum absolute atomic E-state index is 0.0205. The summed E-state index contributed by atoms with van der Waals surface area (Å²) in [6.45, 7) is 3.59. The van der Waals surface area contributed by atoms with Gasteiger partial charge in [0.15, 0.2) is 5.65 Å². The first-order valence-electron chi connectivity index (χ1n) is 5.10. The van der Waals surface area contributed by atoms with E-state index >= 15 is 0 Å². The predicted octanol–water partition coefficient (Wildman–Crippen LogP) is 3.11. The van der Waals surface area contributed by atoms with E-state index in [9.17, 15) is 13.2 Å². The number of alkyl halides is 3. The van der Waals surface area contributed by atoms with Crippen molar-refractivity contribution in [3.05, 3.63) is 22.3 Å². The average Bonchev–Trinajstić information content (AvgIpc) is 2.60. The summed E-state index contributed by atoms with van der Waals surface area (Å²) in [7, 11) is 0. The van der Waals surface area contributed by atoms with Gasteiger partial charge in [-0.1, -0.05) is 16.7 Å². The summed E-state index contributed by atoms with van der Waals surface area (Å²) in [6.07, 6.45) is -4.59. The Balaban J connectivity index is 2.80. The quantitative estimate of drug-likeness (QED) is 0.848. The molecular weight excluding hydrogens is 271 g/mol. The van der Waals surface area contributed by atoms with Gasteiger partial charge < -0.3 is 4.74 Å². The lowest BCUT2D eigenvalue weighted by molar-refractivity contribution is -0.136. The molecule has 2 rings (SSSR count). The molecule has 0 aliphatic rings. The fraction of sp³-hybridized carbons (Fsp3) is 0.400. The van der Waals surface area contributed by atoms with E-state index in [1.165, 1.54) is 10.5 Å². The summed E-state index contributed by atoms with van der Waals surface area (Å²) in [6, 6.07) is 1.23. The third-order valence-electron chi connectivity index (χ3n) is 2.34. The highest BCUT2D eigenvalue weighted by molar-refractivity contribution is 6.32. The van der Waals surface area contributed by atoms with Crippen molar-refractivity contribution in [3.8, 4) is 6.01 Å². The van der Waals surface area contributed by atoms with Gasteiger partial charge in [-0.15, -0.1) is 5.10 Å². The van der Waals surface area contributed by atoms with Gasteiger partial charge in [0.2, 0.25) is 0 Å². The summed E-state index contributed by atoms with van der Waals surface area (Å²) in [4.78, 5) is 0. The summed E-state index contributed by atoms with van der Waals surface area (Å²) < 4.78 is 45.0. The van der Waals surface area contributed by atoms with Gasteiger partial charge in [-0.3, -0.25) is 0 Å². The maximum atomic E-state index is 12.9. The maximum absolute atomic E-state index is 12.9. The molecule has 0 fully saturated rings. The van der Waals surface area contributed by atoms with E-state index in [2.05, 4.69) is 10.2 Å². The van der Waals surface area contributed by atoms with Gasteiger partial charge in [-0.05, 0) is 19.9 Å². The van der Waals surface area contributed by atoms with Crippen molar-refractivity contribution >= 4 is 17.2 Å². The number of aromatic nitrogens is 3. The number of pyridine rings is 1. The van der Waals surface area contributed by atoms with Gasteiger partial charge in [-0.25, -0.2) is 4.40 Å². The molecule has 18 heavy (non-hydrogen) atoms. The van der Waals surface area contributed by atoms with Crippen LogP contribution in [0.4, 0.5) is 13.2 Å². The first-order chi connectivity index (χ1) is 8.36. The zero-order valence-corrected chi connectivity index (χ0v) is 10.3. The largest absolute Gasteiger partial charge is 0.464 e. The topological polar surface area (TPSA) is 39.4 Å². The zero-order chi connectivity index (χ0) is 13.5. The van der Waals surface area contributed by atoms with Crippen LogP contribution in [0.3, 0.4) is 0 Å². The lowest BCUT2D eigenvalue weighted by Gasteiger charge is -2.12. The van der Waals surface area contributed by atoms with E-state index in [1.807, 2.05) is 0 Å². The fourth-order valence-electron chi connectivity index (χ4n) is 1.66. The normalized spacial score (nSPS) is 12.1. The van der Waals surface area contributed by atoms with Crippen molar-refractivity contribution in [1.82, 2.24) is 14.6 Å². The highest BCUT2D eigenvalue weighted by atomic mass is 35.5. The SMILES string of the molecule is CCOc1nnc2c(C(F)(F)F)c(Cl)cc(C)n12. The minimum atomic E-state index is -4.59. The van der Waals surface area contributed by atoms with Crippen LogP contribution >= 0.6 is 11.6 Å². The van der Waals surface area contributed by atoms with E-state index in [-0.39, 0.29) is 18.3 Å². The summed E-state index contributed by atoms with van der Waals surface area (Å²) in [5, 5.41) is 6.70. The average molecular weight is 280 g/mol. The van der Waals surface area contributed by atoms with Gasteiger partial charge in [0.25, 0.3) is 0 Å². The molecule has 2 aromatic rings. The van der Waals surface area contributed by atoms with Gasteiger partial charge in [0.05, 0.1) is 11.6 Å². The maximum Gasteiger partial charge on any atom is 0.421 e. The minimum Gasteiger partial charge on any atom is -0.464 e. The Labute approximate surface area is 105 Å². The fourth-order valence-corrected chi connectivity index (χ4v) is 2.01. The van der Waals surface area contributed by atoms with Crippen LogP contribution in [-0.2, 0) is 6.18 Å². The van der Waals surface area contributed by atoms with E-state index in [1.54, 1.807) is 13.8 Å². The third kappa shape index (κ3) is 1.98. The molecule has 0 spiro atoms. The van der Waals surface area contributed by atoms with Crippen molar-refractivity contribution in [3.63, 3.8) is 0 Å². The van der Waals surface area contributed by atoms with Crippen LogP contribution in [-0.4, -0.2) is 21.2 Å². The monoisotopic (exact) mass is 279 g/mol. The number of halogens is 4. The Morgan fingerprint density at radius 2 is 2.06 bits per heavy atom. The lowest BCUT2D eigenvalue weighted by Crippen LogP contribution is -2.10. The van der Waals surface area contributed by atoms with Gasteiger partial charge in [0.1, 0.15) is 5.56 Å². The van der Waals surface area contributed by atoms with Gasteiger partial charge >= 0.3 is 12.2 Å². The molecule has 2 heterocycles. The molecule has 98 valence electrons. The van der Waals surface area contributed by atoms with Crippen LogP contribution < -0.4 is 4.74 Å². The standard InChI is InChI=1S/C10H9ClF3N3O/c1-3-18-9-16-15-8-7(10(12,13)14)6(11)4-5(2)17(8)9/h4H,3H2,1-2H3. The van der Waals surface area contributed by atoms with Crippen molar-refractivity contribution < 1.29 is 17.9 Å². The molecular formula is C10H9ClF3N3O. The number of hydrogen-bond donors (Lipinski definition) is 0. The van der Waals surface area contributed by atoms with Crippen LogP contribution in [0.2, 0.25) is 5.02 Å². The number of fused-ring (bicyclic) bond motifs is 1. The molecule has 0 N–H and O–H groups in total. The lowest BCUT2D eigenvalue weighted by atomic mass is 10.2. The molecule has 0 atom stereocenters. The molecule has 0 radical (unpaired) electrons. The highest BCUT2D eigenvalue weighted by Crippen LogP contribution is 2.38. The molecule has 0 saturated carbocycles. The Bertz CT molecular complexity index is 594. The molecule has 0 saturated heterocycles. The third-order valence-corrected chi connectivity index (χ3v) is 2.64.